The van der Waals surface area contributed by atoms with Gasteiger partial charge in [-0.3, -0.25) is 9.59 Å². The maximum absolute atomic E-state index is 12.8. The summed E-state index contributed by atoms with van der Waals surface area (Å²) in [6.07, 6.45) is 3.45. The normalized spacial score (nSPS) is 14.9. The van der Waals surface area contributed by atoms with Crippen molar-refractivity contribution in [3.8, 4) is 0 Å². The molecule has 0 atom stereocenters. The van der Waals surface area contributed by atoms with Crippen LogP contribution < -0.4 is 15.5 Å². The Kier molecular flexibility index (Phi) is 8.58. The lowest BCUT2D eigenvalue weighted by Crippen LogP contribution is -2.35. The molecule has 0 aliphatic carbocycles. The summed E-state index contributed by atoms with van der Waals surface area (Å²) in [5, 5.41) is 5.83. The van der Waals surface area contributed by atoms with Gasteiger partial charge in [-0.2, -0.15) is 0 Å². The van der Waals surface area contributed by atoms with E-state index < -0.39 is 0 Å². The second-order valence-corrected chi connectivity index (χ2v) is 7.11. The summed E-state index contributed by atoms with van der Waals surface area (Å²) in [7, 11) is 0. The molecule has 2 rings (SSSR count). The molecule has 1 heterocycles. The number of hydrogen-bond donors (Lipinski definition) is 2. The molecule has 1 aliphatic rings. The molecule has 2 amide bonds. The molecule has 27 heavy (non-hydrogen) atoms. The monoisotopic (exact) mass is 375 g/mol. The zero-order valence-electron chi connectivity index (χ0n) is 16.8. The van der Waals surface area contributed by atoms with E-state index in [1.807, 2.05) is 26.0 Å². The molecule has 1 aliphatic heterocycles. The molecule has 1 aromatic carbocycles. The van der Waals surface area contributed by atoms with E-state index in [1.165, 1.54) is 0 Å². The Morgan fingerprint density at radius 3 is 2.63 bits per heavy atom. The fraction of sp³-hybridized carbons (Fsp3) is 0.619. The Balaban J connectivity index is 2.14. The number of ether oxygens (including phenoxy) is 1. The van der Waals surface area contributed by atoms with E-state index in [4.69, 9.17) is 4.74 Å². The second kappa shape index (κ2) is 10.9. The number of benzene rings is 1. The van der Waals surface area contributed by atoms with Crippen molar-refractivity contribution in [3.63, 3.8) is 0 Å². The van der Waals surface area contributed by atoms with Crippen molar-refractivity contribution in [1.29, 1.82) is 0 Å². The van der Waals surface area contributed by atoms with Gasteiger partial charge in [0.1, 0.15) is 0 Å². The highest BCUT2D eigenvalue weighted by atomic mass is 16.5. The van der Waals surface area contributed by atoms with Crippen molar-refractivity contribution in [2.75, 3.05) is 43.1 Å². The number of carbonyl (C=O) groups is 2. The van der Waals surface area contributed by atoms with E-state index in [-0.39, 0.29) is 11.8 Å². The van der Waals surface area contributed by atoms with Crippen molar-refractivity contribution in [1.82, 2.24) is 5.32 Å². The van der Waals surface area contributed by atoms with Crippen LogP contribution in [0.1, 0.15) is 56.8 Å². The number of rotatable bonds is 9. The lowest BCUT2D eigenvalue weighted by atomic mass is 9.97. The average molecular weight is 376 g/mol. The van der Waals surface area contributed by atoms with Crippen molar-refractivity contribution in [2.24, 2.45) is 5.92 Å². The molecule has 2 N–H and O–H groups in total. The van der Waals surface area contributed by atoms with Gasteiger partial charge in [0, 0.05) is 50.6 Å². The minimum atomic E-state index is -0.104. The summed E-state index contributed by atoms with van der Waals surface area (Å²) in [5.74, 6) is 0.561. The van der Waals surface area contributed by atoms with Gasteiger partial charge in [0.15, 0.2) is 0 Å². The molecule has 1 fully saturated rings. The fourth-order valence-electron chi connectivity index (χ4n) is 3.19. The lowest BCUT2D eigenvalue weighted by Gasteiger charge is -2.33. The number of hydrogen-bond acceptors (Lipinski definition) is 4. The first kappa shape index (κ1) is 21.2. The van der Waals surface area contributed by atoms with Gasteiger partial charge in [-0.05, 0) is 50.3 Å². The zero-order chi connectivity index (χ0) is 19.6. The Hall–Kier alpha value is -2.08. The highest BCUT2D eigenvalue weighted by Gasteiger charge is 2.21. The largest absolute Gasteiger partial charge is 0.382 e. The van der Waals surface area contributed by atoms with E-state index in [0.29, 0.717) is 37.4 Å². The van der Waals surface area contributed by atoms with E-state index in [0.717, 1.165) is 44.0 Å². The smallest absolute Gasteiger partial charge is 0.253 e. The highest BCUT2D eigenvalue weighted by Crippen LogP contribution is 2.28. The van der Waals surface area contributed by atoms with Gasteiger partial charge in [-0.1, -0.05) is 13.8 Å². The molecule has 150 valence electrons. The van der Waals surface area contributed by atoms with Crippen LogP contribution >= 0.6 is 0 Å². The molecule has 0 aromatic heterocycles. The zero-order valence-corrected chi connectivity index (χ0v) is 16.8. The molecular weight excluding hydrogens is 342 g/mol. The highest BCUT2D eigenvalue weighted by molar-refractivity contribution is 6.02. The summed E-state index contributed by atoms with van der Waals surface area (Å²) in [6.45, 7) is 9.84. The molecule has 6 heteroatoms. The molecule has 1 saturated heterocycles. The van der Waals surface area contributed by atoms with Crippen LogP contribution in [-0.2, 0) is 9.53 Å². The van der Waals surface area contributed by atoms with Gasteiger partial charge in [0.05, 0.1) is 5.56 Å². The van der Waals surface area contributed by atoms with Crippen molar-refractivity contribution >= 4 is 23.2 Å². The summed E-state index contributed by atoms with van der Waals surface area (Å²) in [4.78, 5) is 26.8. The molecule has 0 saturated carbocycles. The number of nitrogens with zero attached hydrogens (tertiary/aromatic N) is 1. The van der Waals surface area contributed by atoms with Crippen LogP contribution in [0.25, 0.3) is 0 Å². The van der Waals surface area contributed by atoms with Crippen LogP contribution in [0, 0.1) is 5.92 Å². The quantitative estimate of drug-likeness (QED) is 0.649. The number of carbonyl (C=O) groups excluding carboxylic acids is 2. The standard InChI is InChI=1S/C21H33N3O3/c1-4-20(25)23-17-7-8-19(24-12-9-16(3)10-13-24)18(15-17)21(26)22-11-6-14-27-5-2/h7-8,15-16H,4-6,9-14H2,1-3H3,(H,22,26)(H,23,25). The first-order valence-electron chi connectivity index (χ1n) is 10.1. The van der Waals surface area contributed by atoms with Gasteiger partial charge in [0.25, 0.3) is 5.91 Å². The lowest BCUT2D eigenvalue weighted by molar-refractivity contribution is -0.115. The number of piperidine rings is 1. The van der Waals surface area contributed by atoms with Crippen LogP contribution in [-0.4, -0.2) is 44.7 Å². The van der Waals surface area contributed by atoms with Crippen LogP contribution in [0.4, 0.5) is 11.4 Å². The van der Waals surface area contributed by atoms with Crippen molar-refractivity contribution < 1.29 is 14.3 Å². The van der Waals surface area contributed by atoms with Crippen molar-refractivity contribution in [2.45, 2.75) is 46.5 Å². The Morgan fingerprint density at radius 1 is 1.22 bits per heavy atom. The molecule has 0 spiro atoms. The summed E-state index contributed by atoms with van der Waals surface area (Å²) >= 11 is 0. The Labute approximate surface area is 162 Å². The van der Waals surface area contributed by atoms with Gasteiger partial charge in [-0.25, -0.2) is 0 Å². The predicted molar refractivity (Wildman–Crippen MR) is 109 cm³/mol. The van der Waals surface area contributed by atoms with Gasteiger partial charge >= 0.3 is 0 Å². The second-order valence-electron chi connectivity index (χ2n) is 7.11. The number of anilines is 2. The Bertz CT molecular complexity index is 625. The first-order valence-corrected chi connectivity index (χ1v) is 10.1. The predicted octanol–water partition coefficient (Wildman–Crippen LogP) is 3.43. The summed E-state index contributed by atoms with van der Waals surface area (Å²) in [6, 6.07) is 5.63. The van der Waals surface area contributed by atoms with E-state index >= 15 is 0 Å². The third-order valence-corrected chi connectivity index (χ3v) is 4.93. The first-order chi connectivity index (χ1) is 13.0. The minimum Gasteiger partial charge on any atom is -0.382 e. The van der Waals surface area contributed by atoms with Gasteiger partial charge in [0.2, 0.25) is 5.91 Å². The average Bonchev–Trinajstić information content (AvgIpc) is 2.68. The van der Waals surface area contributed by atoms with Gasteiger partial charge in [-0.15, -0.1) is 0 Å². The molecular formula is C21H33N3O3. The summed E-state index contributed by atoms with van der Waals surface area (Å²) in [5.41, 5.74) is 2.23. The molecule has 0 unspecified atom stereocenters. The van der Waals surface area contributed by atoms with Crippen molar-refractivity contribution in [3.05, 3.63) is 23.8 Å². The van der Waals surface area contributed by atoms with E-state index in [2.05, 4.69) is 22.5 Å². The number of nitrogens with one attached hydrogen (secondary N) is 2. The fourth-order valence-corrected chi connectivity index (χ4v) is 3.19. The summed E-state index contributed by atoms with van der Waals surface area (Å²) < 4.78 is 5.32. The van der Waals surface area contributed by atoms with Crippen LogP contribution in [0.3, 0.4) is 0 Å². The maximum Gasteiger partial charge on any atom is 0.253 e. The minimum absolute atomic E-state index is 0.0578. The van der Waals surface area contributed by atoms with Gasteiger partial charge < -0.3 is 20.3 Å². The van der Waals surface area contributed by atoms with Crippen LogP contribution in [0.5, 0.6) is 0 Å². The molecule has 0 bridgehead atoms. The van der Waals surface area contributed by atoms with Crippen LogP contribution in [0.2, 0.25) is 0 Å². The third-order valence-electron chi connectivity index (χ3n) is 4.93. The van der Waals surface area contributed by atoms with E-state index in [9.17, 15) is 9.59 Å². The Morgan fingerprint density at radius 2 is 1.96 bits per heavy atom. The van der Waals surface area contributed by atoms with E-state index in [1.54, 1.807) is 6.07 Å². The topological polar surface area (TPSA) is 70.7 Å². The third kappa shape index (κ3) is 6.54. The molecule has 0 radical (unpaired) electrons. The maximum atomic E-state index is 12.8. The SMILES string of the molecule is CCOCCCNC(=O)c1cc(NC(=O)CC)ccc1N1CCC(C)CC1. The molecule has 6 nitrogen and oxygen atoms in total. The molecule has 1 aromatic rings. The number of amides is 2. The van der Waals surface area contributed by atoms with Crippen LogP contribution in [0.15, 0.2) is 18.2 Å².